The van der Waals surface area contributed by atoms with E-state index < -0.39 is 16.8 Å². The highest BCUT2D eigenvalue weighted by atomic mass is 19.1. The Morgan fingerprint density at radius 2 is 2.03 bits per heavy atom. The number of hydrogen-bond donors (Lipinski definition) is 3. The molecule has 0 aliphatic heterocycles. The number of rotatable bonds is 6. The van der Waals surface area contributed by atoms with Crippen molar-refractivity contribution in [2.45, 2.75) is 6.42 Å². The molecule has 1 atom stereocenters. The van der Waals surface area contributed by atoms with Crippen molar-refractivity contribution >= 4 is 23.0 Å². The number of halogens is 1. The average Bonchev–Trinajstić information content (AvgIpc) is 2.69. The van der Waals surface area contributed by atoms with Gasteiger partial charge in [0.05, 0.1) is 11.3 Å². The van der Waals surface area contributed by atoms with Crippen LogP contribution in [0.15, 0.2) is 51.8 Å². The maximum Gasteiger partial charge on any atom is 0.257 e. The lowest BCUT2D eigenvalue weighted by molar-refractivity contribution is 0.0824. The Kier molecular flexibility index (Phi) is 5.51. The fourth-order valence-corrected chi connectivity index (χ4v) is 3.08. The topological polar surface area (TPSA) is 116 Å². The van der Waals surface area contributed by atoms with Crippen molar-refractivity contribution in [3.63, 3.8) is 0 Å². The Balaban J connectivity index is 1.84. The van der Waals surface area contributed by atoms with Gasteiger partial charge in [-0.1, -0.05) is 12.1 Å². The molecule has 0 fully saturated rings. The van der Waals surface area contributed by atoms with E-state index in [9.17, 15) is 23.9 Å². The van der Waals surface area contributed by atoms with Gasteiger partial charge in [0.1, 0.15) is 17.2 Å². The number of allylic oxidation sites excluding steroid dienone is 3. The van der Waals surface area contributed by atoms with Crippen molar-refractivity contribution in [3.8, 4) is 5.75 Å². The Morgan fingerprint density at radius 3 is 2.66 bits per heavy atom. The van der Waals surface area contributed by atoms with Crippen LogP contribution in [0.3, 0.4) is 0 Å². The molecule has 8 nitrogen and oxygen atoms in total. The number of benzene rings is 1. The summed E-state index contributed by atoms with van der Waals surface area (Å²) in [6.07, 6.45) is 4.82. The zero-order valence-corrected chi connectivity index (χ0v) is 16.0. The van der Waals surface area contributed by atoms with Crippen LogP contribution in [0.25, 0.3) is 0 Å². The first-order valence-corrected chi connectivity index (χ1v) is 8.90. The van der Waals surface area contributed by atoms with Gasteiger partial charge in [-0.25, -0.2) is 10.2 Å². The third kappa shape index (κ3) is 3.90. The van der Waals surface area contributed by atoms with Gasteiger partial charge in [0, 0.05) is 20.6 Å². The average molecular weight is 400 g/mol. The van der Waals surface area contributed by atoms with Gasteiger partial charge in [0.15, 0.2) is 5.75 Å². The second-order valence-corrected chi connectivity index (χ2v) is 7.00. The SMILES string of the molecule is CN(C)C(=O)c1cccc(Nc2c(N(N)CC3C=CC(F)=CC3)c(=O)c2=O)c1O. The molecular weight excluding hydrogens is 379 g/mol. The fourth-order valence-electron chi connectivity index (χ4n) is 3.08. The monoisotopic (exact) mass is 400 g/mol. The lowest BCUT2D eigenvalue weighted by Gasteiger charge is -2.26. The second-order valence-electron chi connectivity index (χ2n) is 7.00. The summed E-state index contributed by atoms with van der Waals surface area (Å²) in [4.78, 5) is 37.6. The first-order valence-electron chi connectivity index (χ1n) is 8.90. The molecule has 0 bridgehead atoms. The number of para-hydroxylation sites is 1. The van der Waals surface area contributed by atoms with Crippen LogP contribution in [-0.4, -0.2) is 36.6 Å². The van der Waals surface area contributed by atoms with Gasteiger partial charge in [-0.3, -0.25) is 14.4 Å². The third-order valence-corrected chi connectivity index (χ3v) is 4.68. The van der Waals surface area contributed by atoms with Crippen LogP contribution in [0.2, 0.25) is 0 Å². The van der Waals surface area contributed by atoms with Crippen molar-refractivity contribution in [3.05, 3.63) is 68.3 Å². The number of hydrogen-bond acceptors (Lipinski definition) is 7. The molecule has 0 saturated heterocycles. The number of phenols is 1. The van der Waals surface area contributed by atoms with Crippen molar-refractivity contribution in [1.82, 2.24) is 4.90 Å². The number of hydrazine groups is 1. The molecule has 1 aliphatic carbocycles. The lowest BCUT2D eigenvalue weighted by atomic mass is 9.99. The van der Waals surface area contributed by atoms with Crippen molar-refractivity contribution in [1.29, 1.82) is 0 Å². The molecule has 0 saturated carbocycles. The van der Waals surface area contributed by atoms with Crippen LogP contribution in [-0.2, 0) is 0 Å². The number of carbonyl (C=O) groups is 1. The molecule has 0 spiro atoms. The van der Waals surface area contributed by atoms with Gasteiger partial charge in [0.25, 0.3) is 16.8 Å². The van der Waals surface area contributed by atoms with E-state index in [1.807, 2.05) is 0 Å². The number of anilines is 3. The van der Waals surface area contributed by atoms with Crippen LogP contribution in [0.4, 0.5) is 21.5 Å². The summed E-state index contributed by atoms with van der Waals surface area (Å²) in [7, 11) is 3.09. The summed E-state index contributed by atoms with van der Waals surface area (Å²) in [5.41, 5.74) is -1.47. The van der Waals surface area contributed by atoms with E-state index in [1.54, 1.807) is 20.2 Å². The van der Waals surface area contributed by atoms with Crippen molar-refractivity contribution in [2.75, 3.05) is 31.0 Å². The number of nitrogens with one attached hydrogen (secondary N) is 1. The zero-order chi connectivity index (χ0) is 21.3. The standard InChI is InChI=1S/C20H21FN4O4/c1-24(2)20(29)13-4-3-5-14(17(13)26)23-15-16(19(28)18(15)27)25(22)10-11-6-8-12(21)9-7-11/h3-6,8-9,11,23,26H,7,10,22H2,1-2H3. The molecule has 0 aromatic heterocycles. The first-order chi connectivity index (χ1) is 13.7. The van der Waals surface area contributed by atoms with Crippen molar-refractivity contribution < 1.29 is 14.3 Å². The molecule has 3 rings (SSSR count). The maximum absolute atomic E-state index is 13.1. The van der Waals surface area contributed by atoms with Crippen LogP contribution in [0.1, 0.15) is 16.8 Å². The molecular formula is C20H21FN4O4. The van der Waals surface area contributed by atoms with Gasteiger partial charge >= 0.3 is 0 Å². The normalized spacial score (nSPS) is 15.9. The quantitative estimate of drug-likeness (QED) is 0.292. The van der Waals surface area contributed by atoms with Gasteiger partial charge in [0.2, 0.25) is 0 Å². The minimum Gasteiger partial charge on any atom is -0.505 e. The van der Waals surface area contributed by atoms with Crippen LogP contribution >= 0.6 is 0 Å². The predicted molar refractivity (Wildman–Crippen MR) is 109 cm³/mol. The Labute approximate surface area is 166 Å². The summed E-state index contributed by atoms with van der Waals surface area (Å²) < 4.78 is 13.1. The van der Waals surface area contributed by atoms with Gasteiger partial charge < -0.3 is 20.3 Å². The highest BCUT2D eigenvalue weighted by molar-refractivity contribution is 5.99. The van der Waals surface area contributed by atoms with Crippen LogP contribution in [0.5, 0.6) is 5.75 Å². The first kappa shape index (κ1) is 20.3. The molecule has 1 amide bonds. The summed E-state index contributed by atoms with van der Waals surface area (Å²) in [6, 6.07) is 4.46. The smallest absolute Gasteiger partial charge is 0.257 e. The van der Waals surface area contributed by atoms with E-state index in [2.05, 4.69) is 5.32 Å². The number of phenolic OH excluding ortho intramolecular Hbond substituents is 1. The molecule has 2 aromatic rings. The van der Waals surface area contributed by atoms with E-state index in [0.29, 0.717) is 6.42 Å². The Morgan fingerprint density at radius 1 is 1.31 bits per heavy atom. The fraction of sp³-hybridized carbons (Fsp3) is 0.250. The molecule has 152 valence electrons. The number of nitrogens with two attached hydrogens (primary N) is 1. The van der Waals surface area contributed by atoms with E-state index in [0.717, 1.165) is 5.01 Å². The summed E-state index contributed by atoms with van der Waals surface area (Å²) in [6.45, 7) is 0.199. The summed E-state index contributed by atoms with van der Waals surface area (Å²) in [5.74, 6) is 4.78. The van der Waals surface area contributed by atoms with E-state index >= 15 is 0 Å². The van der Waals surface area contributed by atoms with Gasteiger partial charge in [-0.05, 0) is 36.6 Å². The zero-order valence-electron chi connectivity index (χ0n) is 16.0. The Bertz CT molecular complexity index is 1080. The molecule has 1 unspecified atom stereocenters. The largest absolute Gasteiger partial charge is 0.505 e. The van der Waals surface area contributed by atoms with E-state index in [1.165, 1.54) is 35.3 Å². The molecule has 0 heterocycles. The van der Waals surface area contributed by atoms with Crippen LogP contribution < -0.4 is 27.0 Å². The Hall–Kier alpha value is -3.46. The molecule has 4 N–H and O–H groups in total. The predicted octanol–water partition coefficient (Wildman–Crippen LogP) is 1.54. The molecule has 1 aliphatic rings. The number of nitrogens with zero attached hydrogens (tertiary/aromatic N) is 2. The van der Waals surface area contributed by atoms with Crippen molar-refractivity contribution in [2.24, 2.45) is 11.8 Å². The number of aromatic hydroxyl groups is 1. The lowest BCUT2D eigenvalue weighted by Crippen LogP contribution is -2.47. The highest BCUT2D eigenvalue weighted by Gasteiger charge is 2.27. The number of carbonyl (C=O) groups excluding carboxylic acids is 1. The van der Waals surface area contributed by atoms with Crippen LogP contribution in [0, 0.1) is 5.92 Å². The van der Waals surface area contributed by atoms with Gasteiger partial charge in [-0.2, -0.15) is 0 Å². The second kappa shape index (κ2) is 7.88. The number of amides is 1. The minimum absolute atomic E-state index is 0.0258. The minimum atomic E-state index is -0.774. The molecule has 29 heavy (non-hydrogen) atoms. The maximum atomic E-state index is 13.1. The molecule has 9 heteroatoms. The molecule has 2 aromatic carbocycles. The third-order valence-electron chi connectivity index (χ3n) is 4.68. The van der Waals surface area contributed by atoms with Gasteiger partial charge in [-0.15, -0.1) is 0 Å². The summed E-state index contributed by atoms with van der Waals surface area (Å²) in [5, 5.41) is 14.3. The van der Waals surface area contributed by atoms with E-state index in [-0.39, 0.29) is 46.7 Å². The highest BCUT2D eigenvalue weighted by Crippen LogP contribution is 2.32. The van der Waals surface area contributed by atoms with E-state index in [4.69, 9.17) is 5.84 Å². The molecule has 0 radical (unpaired) electrons. The summed E-state index contributed by atoms with van der Waals surface area (Å²) >= 11 is 0.